The summed E-state index contributed by atoms with van der Waals surface area (Å²) in [5, 5.41) is 3.25. The lowest BCUT2D eigenvalue weighted by Gasteiger charge is -2.09. The number of anilines is 1. The van der Waals surface area contributed by atoms with Crippen molar-refractivity contribution in [3.05, 3.63) is 47.3 Å². The highest BCUT2D eigenvalue weighted by atomic mass is 32.2. The molecular weight excluding hydrogens is 242 g/mol. The maximum Gasteiger partial charge on any atom is 0.222 e. The maximum atomic E-state index is 4.24. The zero-order chi connectivity index (χ0) is 13.0. The van der Waals surface area contributed by atoms with Crippen LogP contribution in [0.1, 0.15) is 16.7 Å². The quantitative estimate of drug-likeness (QED) is 0.854. The van der Waals surface area contributed by atoms with Crippen LogP contribution in [-0.4, -0.2) is 16.2 Å². The van der Waals surface area contributed by atoms with E-state index < -0.39 is 0 Å². The third-order valence-corrected chi connectivity index (χ3v) is 3.48. The van der Waals surface area contributed by atoms with Gasteiger partial charge in [0.1, 0.15) is 0 Å². The molecule has 3 nitrogen and oxygen atoms in total. The Balaban J connectivity index is 2.08. The molecule has 4 heteroatoms. The lowest BCUT2D eigenvalue weighted by Crippen LogP contribution is -2.04. The molecule has 0 radical (unpaired) electrons. The van der Waals surface area contributed by atoms with Gasteiger partial charge in [-0.25, -0.2) is 9.97 Å². The Labute approximate surface area is 112 Å². The molecule has 1 aromatic carbocycles. The summed E-state index contributed by atoms with van der Waals surface area (Å²) in [6, 6.07) is 6.49. The Morgan fingerprint density at radius 3 is 2.50 bits per heavy atom. The first-order chi connectivity index (χ1) is 8.69. The summed E-state index contributed by atoms with van der Waals surface area (Å²) in [7, 11) is 0. The van der Waals surface area contributed by atoms with E-state index in [1.807, 2.05) is 19.3 Å². The molecule has 1 heterocycles. The van der Waals surface area contributed by atoms with Gasteiger partial charge in [0.2, 0.25) is 5.95 Å². The van der Waals surface area contributed by atoms with Gasteiger partial charge in [-0.2, -0.15) is 0 Å². The first kappa shape index (κ1) is 12.9. The minimum atomic E-state index is 0.674. The van der Waals surface area contributed by atoms with Crippen molar-refractivity contribution in [1.29, 1.82) is 0 Å². The predicted molar refractivity (Wildman–Crippen MR) is 77.1 cm³/mol. The lowest BCUT2D eigenvalue weighted by molar-refractivity contribution is 1.02. The van der Waals surface area contributed by atoms with Crippen LogP contribution in [0.3, 0.4) is 0 Å². The van der Waals surface area contributed by atoms with Crippen LogP contribution in [0.25, 0.3) is 0 Å². The second kappa shape index (κ2) is 5.87. The van der Waals surface area contributed by atoms with E-state index in [9.17, 15) is 0 Å². The molecule has 0 spiro atoms. The van der Waals surface area contributed by atoms with E-state index in [1.165, 1.54) is 16.0 Å². The molecule has 2 rings (SSSR count). The van der Waals surface area contributed by atoms with Gasteiger partial charge < -0.3 is 5.32 Å². The molecule has 0 unspecified atom stereocenters. The van der Waals surface area contributed by atoms with Gasteiger partial charge in [0.25, 0.3) is 0 Å². The predicted octanol–water partition coefficient (Wildman–Crippen LogP) is 3.43. The average molecular weight is 259 g/mol. The zero-order valence-electron chi connectivity index (χ0n) is 10.9. The Morgan fingerprint density at radius 2 is 1.83 bits per heavy atom. The van der Waals surface area contributed by atoms with E-state index in [0.717, 1.165) is 12.1 Å². The summed E-state index contributed by atoms with van der Waals surface area (Å²) in [6.45, 7) is 4.84. The molecule has 0 aliphatic heterocycles. The van der Waals surface area contributed by atoms with Gasteiger partial charge >= 0.3 is 0 Å². The molecule has 2 aromatic rings. The summed E-state index contributed by atoms with van der Waals surface area (Å²) in [6.07, 6.45) is 5.74. The van der Waals surface area contributed by atoms with Crippen molar-refractivity contribution in [1.82, 2.24) is 9.97 Å². The van der Waals surface area contributed by atoms with E-state index in [-0.39, 0.29) is 0 Å². The Bertz CT molecular complexity index is 523. The van der Waals surface area contributed by atoms with Gasteiger partial charge in [0, 0.05) is 23.8 Å². The highest BCUT2D eigenvalue weighted by Crippen LogP contribution is 2.22. The second-order valence-corrected chi connectivity index (χ2v) is 5.10. The zero-order valence-corrected chi connectivity index (χ0v) is 11.7. The van der Waals surface area contributed by atoms with Crippen molar-refractivity contribution < 1.29 is 0 Å². The van der Waals surface area contributed by atoms with E-state index >= 15 is 0 Å². The number of thioether (sulfide) groups is 1. The molecule has 18 heavy (non-hydrogen) atoms. The lowest BCUT2D eigenvalue weighted by atomic mass is 10.1. The first-order valence-electron chi connectivity index (χ1n) is 5.85. The fourth-order valence-corrected chi connectivity index (χ4v) is 2.36. The number of aryl methyl sites for hydroxylation is 2. The van der Waals surface area contributed by atoms with Crippen molar-refractivity contribution in [2.45, 2.75) is 25.3 Å². The van der Waals surface area contributed by atoms with Crippen LogP contribution in [0.4, 0.5) is 5.95 Å². The molecular formula is C14H17N3S. The second-order valence-electron chi connectivity index (χ2n) is 4.25. The summed E-state index contributed by atoms with van der Waals surface area (Å²) >= 11 is 1.77. The Morgan fingerprint density at radius 1 is 1.11 bits per heavy atom. The molecule has 0 saturated heterocycles. The first-order valence-corrected chi connectivity index (χ1v) is 7.07. The highest BCUT2D eigenvalue weighted by molar-refractivity contribution is 7.98. The van der Waals surface area contributed by atoms with Crippen LogP contribution in [0.2, 0.25) is 0 Å². The number of nitrogens with one attached hydrogen (secondary N) is 1. The third kappa shape index (κ3) is 3.23. The summed E-state index contributed by atoms with van der Waals surface area (Å²) in [5.74, 6) is 0.674. The molecule has 0 fully saturated rings. The molecule has 0 aliphatic rings. The molecule has 0 atom stereocenters. The topological polar surface area (TPSA) is 37.8 Å². The molecule has 0 amide bonds. The van der Waals surface area contributed by atoms with Crippen molar-refractivity contribution >= 4 is 17.7 Å². The number of aromatic nitrogens is 2. The standard InChI is InChI=1S/C14H17N3S/c1-10-4-5-12(13(6-10)18-3)9-17-14-15-7-11(2)8-16-14/h4-8H,9H2,1-3H3,(H,15,16,17). The van der Waals surface area contributed by atoms with Crippen LogP contribution >= 0.6 is 11.8 Å². The summed E-state index contributed by atoms with van der Waals surface area (Å²) in [4.78, 5) is 9.78. The molecule has 0 saturated carbocycles. The molecule has 0 bridgehead atoms. The Kier molecular flexibility index (Phi) is 4.20. The van der Waals surface area contributed by atoms with Gasteiger partial charge in [0.05, 0.1) is 0 Å². The average Bonchev–Trinajstić information content (AvgIpc) is 2.39. The normalized spacial score (nSPS) is 10.4. The van der Waals surface area contributed by atoms with E-state index in [2.05, 4.69) is 46.7 Å². The summed E-state index contributed by atoms with van der Waals surface area (Å²) in [5.41, 5.74) is 3.63. The fraction of sp³-hybridized carbons (Fsp3) is 0.286. The minimum Gasteiger partial charge on any atom is -0.350 e. The monoisotopic (exact) mass is 259 g/mol. The van der Waals surface area contributed by atoms with Gasteiger partial charge in [-0.3, -0.25) is 0 Å². The van der Waals surface area contributed by atoms with Gasteiger partial charge in [-0.1, -0.05) is 12.1 Å². The van der Waals surface area contributed by atoms with Crippen LogP contribution in [0, 0.1) is 13.8 Å². The van der Waals surface area contributed by atoms with E-state index in [4.69, 9.17) is 0 Å². The van der Waals surface area contributed by atoms with Crippen LogP contribution in [0.15, 0.2) is 35.5 Å². The van der Waals surface area contributed by atoms with Crippen molar-refractivity contribution in [2.75, 3.05) is 11.6 Å². The van der Waals surface area contributed by atoms with Crippen LogP contribution in [-0.2, 0) is 6.54 Å². The number of hydrogen-bond donors (Lipinski definition) is 1. The van der Waals surface area contributed by atoms with Crippen molar-refractivity contribution in [3.63, 3.8) is 0 Å². The molecule has 0 aliphatic carbocycles. The Hall–Kier alpha value is -1.55. The van der Waals surface area contributed by atoms with Gasteiger partial charge in [-0.05, 0) is 42.9 Å². The number of nitrogens with zero attached hydrogens (tertiary/aromatic N) is 2. The molecule has 1 N–H and O–H groups in total. The molecule has 1 aromatic heterocycles. The highest BCUT2D eigenvalue weighted by Gasteiger charge is 2.02. The number of hydrogen-bond acceptors (Lipinski definition) is 4. The largest absolute Gasteiger partial charge is 0.350 e. The van der Waals surface area contributed by atoms with Crippen LogP contribution in [0.5, 0.6) is 0 Å². The van der Waals surface area contributed by atoms with Gasteiger partial charge in [0.15, 0.2) is 0 Å². The number of benzene rings is 1. The van der Waals surface area contributed by atoms with Crippen molar-refractivity contribution in [3.8, 4) is 0 Å². The van der Waals surface area contributed by atoms with E-state index in [0.29, 0.717) is 5.95 Å². The van der Waals surface area contributed by atoms with Gasteiger partial charge in [-0.15, -0.1) is 11.8 Å². The summed E-state index contributed by atoms with van der Waals surface area (Å²) < 4.78 is 0. The minimum absolute atomic E-state index is 0.674. The smallest absolute Gasteiger partial charge is 0.222 e. The number of rotatable bonds is 4. The fourth-order valence-electron chi connectivity index (χ4n) is 1.66. The van der Waals surface area contributed by atoms with E-state index in [1.54, 1.807) is 11.8 Å². The van der Waals surface area contributed by atoms with Crippen molar-refractivity contribution in [2.24, 2.45) is 0 Å². The molecule has 94 valence electrons. The SMILES string of the molecule is CSc1cc(C)ccc1CNc1ncc(C)cn1. The third-order valence-electron chi connectivity index (χ3n) is 2.66. The maximum absolute atomic E-state index is 4.24. The van der Waals surface area contributed by atoms with Crippen LogP contribution < -0.4 is 5.32 Å².